The number of Topliss-reactive ketones (excluding diaryl/α,β-unsaturated/α-hetero) is 2. The van der Waals surface area contributed by atoms with E-state index in [0.717, 1.165) is 0 Å². The van der Waals surface area contributed by atoms with Crippen LogP contribution in [0.2, 0.25) is 0 Å². The van der Waals surface area contributed by atoms with Crippen LogP contribution in [0.25, 0.3) is 0 Å². The predicted molar refractivity (Wildman–Crippen MR) is 62.5 cm³/mol. The van der Waals surface area contributed by atoms with Crippen molar-refractivity contribution >= 4 is 11.6 Å². The number of hydrogen-bond acceptors (Lipinski definition) is 3. The van der Waals surface area contributed by atoms with E-state index in [-0.39, 0.29) is 0 Å². The smallest absolute Gasteiger partial charge is 0.292 e. The summed E-state index contributed by atoms with van der Waals surface area (Å²) in [5, 5.41) is 0. The second-order valence-electron chi connectivity index (χ2n) is 6.03. The molecule has 1 atom stereocenters. The molecule has 0 aliphatic rings. The van der Waals surface area contributed by atoms with Crippen molar-refractivity contribution in [3.8, 4) is 0 Å². The van der Waals surface area contributed by atoms with E-state index < -0.39 is 72.2 Å². The van der Waals surface area contributed by atoms with Crippen molar-refractivity contribution < 1.29 is 102 Å². The van der Waals surface area contributed by atoms with Crippen molar-refractivity contribution in [2.24, 2.45) is 0 Å². The van der Waals surface area contributed by atoms with Gasteiger partial charge in [0.15, 0.2) is 0 Å². The maximum absolute atomic E-state index is 13.8. The van der Waals surface area contributed by atoms with E-state index in [1.165, 1.54) is 4.74 Å². The van der Waals surface area contributed by atoms with E-state index in [1.807, 2.05) is 0 Å². The molecule has 0 fully saturated rings. The van der Waals surface area contributed by atoms with Gasteiger partial charge in [-0.1, -0.05) is 0 Å². The lowest BCUT2D eigenvalue weighted by Crippen LogP contribution is -2.64. The zero-order valence-corrected chi connectivity index (χ0v) is 15.0. The largest absolute Gasteiger partial charge is 0.462 e. The highest BCUT2D eigenvalue weighted by Gasteiger charge is 2.84. The van der Waals surface area contributed by atoms with Crippen LogP contribution >= 0.6 is 0 Å². The third-order valence-corrected chi connectivity index (χ3v) is 3.53. The van der Waals surface area contributed by atoms with Crippen LogP contribution in [-0.4, -0.2) is 65.7 Å². The first kappa shape index (κ1) is 32.9. The summed E-state index contributed by atoms with van der Waals surface area (Å²) in [6.07, 6.45) is -34.6. The molecule has 35 heavy (non-hydrogen) atoms. The Balaban J connectivity index is 6.42. The second-order valence-corrected chi connectivity index (χ2v) is 6.03. The Morgan fingerprint density at radius 1 is 0.457 bits per heavy atom. The van der Waals surface area contributed by atoms with Gasteiger partial charge >= 0.3 is 54.2 Å². The molecular formula is C12H2F20O3. The zero-order valence-electron chi connectivity index (χ0n) is 15.0. The molecule has 0 aromatic rings. The lowest BCUT2D eigenvalue weighted by atomic mass is 9.95. The van der Waals surface area contributed by atoms with Gasteiger partial charge in [-0.05, 0) is 0 Å². The Morgan fingerprint density at radius 2 is 0.800 bits per heavy atom. The number of rotatable bonds is 9. The van der Waals surface area contributed by atoms with Gasteiger partial charge in [0.2, 0.25) is 11.6 Å². The highest BCUT2D eigenvalue weighted by Crippen LogP contribution is 2.54. The average molecular weight is 574 g/mol. The van der Waals surface area contributed by atoms with Gasteiger partial charge in [-0.3, -0.25) is 14.3 Å². The molecule has 0 aliphatic heterocycles. The van der Waals surface area contributed by atoms with E-state index >= 15 is 0 Å². The first-order valence-electron chi connectivity index (χ1n) is 7.30. The average Bonchev–Trinajstić information content (AvgIpc) is 2.57. The number of halogens is 20. The molecule has 0 heterocycles. The summed E-state index contributed by atoms with van der Waals surface area (Å²) in [5.74, 6) is -47.4. The minimum absolute atomic E-state index is 1.51. The summed E-state index contributed by atoms with van der Waals surface area (Å²) in [7, 11) is 0. The summed E-state index contributed by atoms with van der Waals surface area (Å²) in [5.41, 5.74) is 0. The normalized spacial score (nSPS) is 17.3. The van der Waals surface area contributed by atoms with Gasteiger partial charge < -0.3 is 0 Å². The second kappa shape index (κ2) is 8.49. The number of carbonyl (C=O) groups excluding carboxylic acids is 2. The fraction of sp³-hybridized carbons (Fsp3) is 0.833. The van der Waals surface area contributed by atoms with Gasteiger partial charge in [0.25, 0.3) is 0 Å². The topological polar surface area (TPSA) is 43.4 Å². The van der Waals surface area contributed by atoms with Crippen molar-refractivity contribution in [1.29, 1.82) is 0 Å². The number of hydrogen-bond donors (Lipinski definition) is 0. The highest BCUT2D eigenvalue weighted by atomic mass is 19.4. The number of carbonyl (C=O) groups is 2. The van der Waals surface area contributed by atoms with Crippen molar-refractivity contribution in [2.75, 3.05) is 0 Å². The highest BCUT2D eigenvalue weighted by molar-refractivity contribution is 6.05. The first-order valence-corrected chi connectivity index (χ1v) is 7.30. The molecule has 0 amide bonds. The molecule has 3 nitrogen and oxygen atoms in total. The lowest BCUT2D eigenvalue weighted by molar-refractivity contribution is -0.472. The van der Waals surface area contributed by atoms with Gasteiger partial charge in [0.1, 0.15) is 0 Å². The van der Waals surface area contributed by atoms with Gasteiger partial charge in [-0.2, -0.15) is 87.8 Å². The van der Waals surface area contributed by atoms with E-state index in [1.54, 1.807) is 0 Å². The Labute approximate surface area is 176 Å². The summed E-state index contributed by atoms with van der Waals surface area (Å²) in [4.78, 5) is 22.0. The maximum Gasteiger partial charge on any atom is 0.462 e. The Hall–Kier alpha value is -2.10. The molecule has 0 radical (unpaired) electrons. The van der Waals surface area contributed by atoms with Crippen molar-refractivity contribution in [2.45, 2.75) is 60.6 Å². The minimum Gasteiger partial charge on any atom is -0.292 e. The van der Waals surface area contributed by atoms with Crippen LogP contribution < -0.4 is 0 Å². The van der Waals surface area contributed by atoms with E-state index in [9.17, 15) is 97.4 Å². The quantitative estimate of drug-likeness (QED) is 0.250. The van der Waals surface area contributed by atoms with Gasteiger partial charge in [0, 0.05) is 0 Å². The van der Waals surface area contributed by atoms with Crippen molar-refractivity contribution in [3.05, 3.63) is 0 Å². The summed E-state index contributed by atoms with van der Waals surface area (Å²) in [6.45, 7) is 0. The lowest BCUT2D eigenvalue weighted by Gasteiger charge is -2.35. The van der Waals surface area contributed by atoms with Gasteiger partial charge in [-0.25, -0.2) is 0 Å². The van der Waals surface area contributed by atoms with Crippen molar-refractivity contribution in [3.63, 3.8) is 0 Å². The van der Waals surface area contributed by atoms with Crippen molar-refractivity contribution in [1.82, 2.24) is 0 Å². The van der Waals surface area contributed by atoms with E-state index in [0.29, 0.717) is 0 Å². The van der Waals surface area contributed by atoms with Crippen LogP contribution in [0, 0.1) is 0 Å². The Morgan fingerprint density at radius 3 is 1.09 bits per heavy atom. The molecule has 1 unspecified atom stereocenters. The molecule has 23 heteroatoms. The summed E-state index contributed by atoms with van der Waals surface area (Å²) in [6, 6.07) is 0. The number of alkyl halides is 20. The fourth-order valence-corrected chi connectivity index (χ4v) is 1.60. The van der Waals surface area contributed by atoms with Crippen LogP contribution in [0.15, 0.2) is 0 Å². The van der Waals surface area contributed by atoms with Crippen LogP contribution in [0.1, 0.15) is 6.42 Å². The zero-order chi connectivity index (χ0) is 29.1. The third-order valence-electron chi connectivity index (χ3n) is 3.53. The number of ether oxygens (including phenoxy) is 1. The van der Waals surface area contributed by atoms with E-state index in [4.69, 9.17) is 0 Å². The SMILES string of the molecule is O=C(CC(=O)C(F)(OC(F)(F)C(F)(F)C(F)(F)F)C(F)(F)F)C(F)(F)C(F)(F)C(F)(F)C(F)(F)F. The van der Waals surface area contributed by atoms with Crippen LogP contribution in [-0.2, 0) is 14.3 Å². The summed E-state index contributed by atoms with van der Waals surface area (Å²) >= 11 is 0. The molecule has 0 aromatic carbocycles. The molecule has 0 saturated carbocycles. The predicted octanol–water partition coefficient (Wildman–Crippen LogP) is 6.02. The number of ketones is 2. The molecule has 0 rings (SSSR count). The fourth-order valence-electron chi connectivity index (χ4n) is 1.60. The van der Waals surface area contributed by atoms with Crippen LogP contribution in [0.3, 0.4) is 0 Å². The maximum atomic E-state index is 13.8. The molecule has 0 saturated heterocycles. The van der Waals surface area contributed by atoms with Crippen LogP contribution in [0.4, 0.5) is 87.8 Å². The molecule has 208 valence electrons. The van der Waals surface area contributed by atoms with Gasteiger partial charge in [0.05, 0.1) is 6.42 Å². The summed E-state index contributed by atoms with van der Waals surface area (Å²) < 4.78 is 254. The monoisotopic (exact) mass is 574 g/mol. The first-order chi connectivity index (χ1) is 14.8. The standard InChI is InChI=1S/C12H2F20O3/c13-4(14,6(16,17)7(18,19)10(25,26)27)2(33)1-3(34)5(15,9(22,23)24)35-12(31,32)8(20,21)11(28,29)30/h1H2. The molecule has 0 spiro atoms. The molecular weight excluding hydrogens is 572 g/mol. The minimum atomic E-state index is -7.96. The Kier molecular flexibility index (Phi) is 7.98. The Bertz CT molecular complexity index is 817. The molecule has 0 bridgehead atoms. The third kappa shape index (κ3) is 5.22. The molecule has 0 aliphatic carbocycles. The van der Waals surface area contributed by atoms with Crippen LogP contribution in [0.5, 0.6) is 0 Å². The van der Waals surface area contributed by atoms with Gasteiger partial charge in [-0.15, -0.1) is 0 Å². The van der Waals surface area contributed by atoms with E-state index in [2.05, 4.69) is 0 Å². The molecule has 0 N–H and O–H groups in total. The molecule has 0 aromatic heterocycles.